The summed E-state index contributed by atoms with van der Waals surface area (Å²) in [5, 5.41) is 0. The van der Waals surface area contributed by atoms with Gasteiger partial charge in [-0.3, -0.25) is 0 Å². The summed E-state index contributed by atoms with van der Waals surface area (Å²) >= 11 is 0. The Morgan fingerprint density at radius 1 is 1.31 bits per heavy atom. The van der Waals surface area contributed by atoms with Crippen LogP contribution >= 0.6 is 0 Å². The molecule has 0 N–H and O–H groups in total. The van der Waals surface area contributed by atoms with Crippen molar-refractivity contribution in [2.45, 2.75) is 64.9 Å². The fourth-order valence-electron chi connectivity index (χ4n) is 2.34. The van der Waals surface area contributed by atoms with Gasteiger partial charge in [-0.1, -0.05) is 39.2 Å². The van der Waals surface area contributed by atoms with Crippen LogP contribution < -0.4 is 0 Å². The molecule has 1 heteroatoms. The van der Waals surface area contributed by atoms with E-state index < -0.39 is 0 Å². The molecule has 0 aromatic rings. The Bertz CT molecular complexity index is 240. The van der Waals surface area contributed by atoms with E-state index in [0.717, 1.165) is 13.0 Å². The lowest BCUT2D eigenvalue weighted by Gasteiger charge is -2.14. The van der Waals surface area contributed by atoms with Crippen molar-refractivity contribution in [3.8, 4) is 0 Å². The summed E-state index contributed by atoms with van der Waals surface area (Å²) in [6.45, 7) is 9.18. The molecular weight excluding hydrogens is 196 g/mol. The maximum absolute atomic E-state index is 5.91. The normalized spacial score (nSPS) is 20.5. The van der Waals surface area contributed by atoms with Gasteiger partial charge in [0.1, 0.15) is 0 Å². The highest BCUT2D eigenvalue weighted by Gasteiger charge is 2.24. The zero-order valence-corrected chi connectivity index (χ0v) is 10.9. The minimum Gasteiger partial charge on any atom is -0.370 e. The zero-order chi connectivity index (χ0) is 11.8. The Hall–Kier alpha value is -0.560. The van der Waals surface area contributed by atoms with Gasteiger partial charge in [0.15, 0.2) is 0 Å². The zero-order valence-electron chi connectivity index (χ0n) is 10.9. The molecule has 1 aliphatic heterocycles. The average Bonchev–Trinajstić information content (AvgIpc) is 2.67. The topological polar surface area (TPSA) is 9.23 Å². The molecule has 1 unspecified atom stereocenters. The molecule has 0 saturated heterocycles. The summed E-state index contributed by atoms with van der Waals surface area (Å²) in [5.74, 6) is 0. The van der Waals surface area contributed by atoms with E-state index in [2.05, 4.69) is 20.4 Å². The van der Waals surface area contributed by atoms with E-state index in [-0.39, 0.29) is 0 Å². The number of hydrogen-bond acceptors (Lipinski definition) is 1. The molecule has 0 aromatic heterocycles. The standard InChI is InChI=1S/C15H26O/c1-4-7-10-14-13(9-6-3)12-16-15(14)11-8-5-2/h6,15H,3-5,7-12H2,1-2H3. The van der Waals surface area contributed by atoms with Crippen LogP contribution in [0.4, 0.5) is 0 Å². The molecule has 92 valence electrons. The highest BCUT2D eigenvalue weighted by molar-refractivity contribution is 5.25. The summed E-state index contributed by atoms with van der Waals surface area (Å²) in [5.41, 5.74) is 3.10. The van der Waals surface area contributed by atoms with Crippen LogP contribution in [0.1, 0.15) is 58.8 Å². The van der Waals surface area contributed by atoms with Gasteiger partial charge >= 0.3 is 0 Å². The van der Waals surface area contributed by atoms with Crippen LogP contribution in [-0.4, -0.2) is 12.7 Å². The SMILES string of the molecule is C=CCC1=C(CCCC)C(CCCC)OC1. The fourth-order valence-corrected chi connectivity index (χ4v) is 2.34. The van der Waals surface area contributed by atoms with E-state index in [9.17, 15) is 0 Å². The molecule has 16 heavy (non-hydrogen) atoms. The lowest BCUT2D eigenvalue weighted by atomic mass is 9.95. The molecule has 1 aliphatic rings. The van der Waals surface area contributed by atoms with Crippen molar-refractivity contribution in [1.29, 1.82) is 0 Å². The first kappa shape index (κ1) is 13.5. The third-order valence-corrected chi connectivity index (χ3v) is 3.31. The molecule has 0 radical (unpaired) electrons. The molecule has 1 atom stereocenters. The molecule has 0 spiro atoms. The van der Waals surface area contributed by atoms with Gasteiger partial charge in [-0.15, -0.1) is 6.58 Å². The van der Waals surface area contributed by atoms with Crippen LogP contribution in [-0.2, 0) is 4.74 Å². The van der Waals surface area contributed by atoms with Crippen molar-refractivity contribution >= 4 is 0 Å². The molecule has 1 nitrogen and oxygen atoms in total. The summed E-state index contributed by atoms with van der Waals surface area (Å²) < 4.78 is 5.91. The average molecular weight is 222 g/mol. The molecular formula is C15H26O. The third kappa shape index (κ3) is 3.79. The van der Waals surface area contributed by atoms with Crippen LogP contribution in [0.15, 0.2) is 23.8 Å². The minimum atomic E-state index is 0.418. The first-order chi connectivity index (χ1) is 7.83. The largest absolute Gasteiger partial charge is 0.370 e. The van der Waals surface area contributed by atoms with Gasteiger partial charge in [0.25, 0.3) is 0 Å². The Balaban J connectivity index is 2.59. The van der Waals surface area contributed by atoms with Crippen molar-refractivity contribution in [3.05, 3.63) is 23.8 Å². The number of rotatable bonds is 8. The molecule has 0 fully saturated rings. The van der Waals surface area contributed by atoms with Gasteiger partial charge in [0, 0.05) is 0 Å². The minimum absolute atomic E-state index is 0.418. The van der Waals surface area contributed by atoms with Gasteiger partial charge in [0.2, 0.25) is 0 Å². The second-order valence-corrected chi connectivity index (χ2v) is 4.67. The summed E-state index contributed by atoms with van der Waals surface area (Å²) in [7, 11) is 0. The molecule has 1 heterocycles. The predicted molar refractivity (Wildman–Crippen MR) is 70.6 cm³/mol. The Labute approximate surface area is 101 Å². The van der Waals surface area contributed by atoms with E-state index in [1.54, 1.807) is 5.57 Å². The number of allylic oxidation sites excluding steroid dienone is 1. The van der Waals surface area contributed by atoms with Crippen molar-refractivity contribution < 1.29 is 4.74 Å². The quantitative estimate of drug-likeness (QED) is 0.544. The van der Waals surface area contributed by atoms with E-state index in [0.29, 0.717) is 6.10 Å². The fraction of sp³-hybridized carbons (Fsp3) is 0.733. The number of ether oxygens (including phenoxy) is 1. The first-order valence-electron chi connectivity index (χ1n) is 6.76. The summed E-state index contributed by atoms with van der Waals surface area (Å²) in [6, 6.07) is 0. The van der Waals surface area contributed by atoms with Crippen LogP contribution in [0.2, 0.25) is 0 Å². The van der Waals surface area contributed by atoms with Crippen molar-refractivity contribution in [2.75, 3.05) is 6.61 Å². The van der Waals surface area contributed by atoms with E-state index in [4.69, 9.17) is 4.74 Å². The van der Waals surface area contributed by atoms with Gasteiger partial charge in [-0.2, -0.15) is 0 Å². The Kier molecular flexibility index (Phi) is 6.47. The smallest absolute Gasteiger partial charge is 0.0793 e. The van der Waals surface area contributed by atoms with Crippen LogP contribution in [0.3, 0.4) is 0 Å². The van der Waals surface area contributed by atoms with Crippen molar-refractivity contribution in [2.24, 2.45) is 0 Å². The second-order valence-electron chi connectivity index (χ2n) is 4.67. The lowest BCUT2D eigenvalue weighted by molar-refractivity contribution is 0.109. The van der Waals surface area contributed by atoms with Crippen molar-refractivity contribution in [1.82, 2.24) is 0 Å². The van der Waals surface area contributed by atoms with Gasteiger partial charge in [0.05, 0.1) is 12.7 Å². The summed E-state index contributed by atoms with van der Waals surface area (Å²) in [4.78, 5) is 0. The van der Waals surface area contributed by atoms with Crippen LogP contribution in [0.5, 0.6) is 0 Å². The summed E-state index contributed by atoms with van der Waals surface area (Å²) in [6.07, 6.45) is 11.0. The Morgan fingerprint density at radius 3 is 2.69 bits per heavy atom. The predicted octanol–water partition coefficient (Wildman–Crippen LogP) is 4.64. The van der Waals surface area contributed by atoms with Crippen LogP contribution in [0.25, 0.3) is 0 Å². The van der Waals surface area contributed by atoms with Crippen LogP contribution in [0, 0.1) is 0 Å². The highest BCUT2D eigenvalue weighted by atomic mass is 16.5. The molecule has 0 aliphatic carbocycles. The maximum Gasteiger partial charge on any atom is 0.0793 e. The van der Waals surface area contributed by atoms with Gasteiger partial charge in [-0.25, -0.2) is 0 Å². The van der Waals surface area contributed by atoms with Gasteiger partial charge in [-0.05, 0) is 36.8 Å². The highest BCUT2D eigenvalue weighted by Crippen LogP contribution is 2.31. The first-order valence-corrected chi connectivity index (χ1v) is 6.76. The molecule has 0 bridgehead atoms. The van der Waals surface area contributed by atoms with Gasteiger partial charge < -0.3 is 4.74 Å². The second kappa shape index (κ2) is 7.67. The van der Waals surface area contributed by atoms with E-state index in [1.807, 2.05) is 6.08 Å². The molecule has 0 amide bonds. The Morgan fingerprint density at radius 2 is 2.06 bits per heavy atom. The lowest BCUT2D eigenvalue weighted by Crippen LogP contribution is -2.10. The molecule has 0 saturated carbocycles. The number of hydrogen-bond donors (Lipinski definition) is 0. The number of unbranched alkanes of at least 4 members (excludes halogenated alkanes) is 2. The van der Waals surface area contributed by atoms with E-state index in [1.165, 1.54) is 44.1 Å². The monoisotopic (exact) mass is 222 g/mol. The van der Waals surface area contributed by atoms with Crippen molar-refractivity contribution in [3.63, 3.8) is 0 Å². The molecule has 1 rings (SSSR count). The van der Waals surface area contributed by atoms with E-state index >= 15 is 0 Å². The third-order valence-electron chi connectivity index (χ3n) is 3.31. The molecule has 0 aromatic carbocycles. The maximum atomic E-state index is 5.91.